The minimum atomic E-state index is -1.12. The van der Waals surface area contributed by atoms with Gasteiger partial charge in [0, 0.05) is 46.3 Å². The third-order valence-corrected chi connectivity index (χ3v) is 8.57. The second-order valence-corrected chi connectivity index (χ2v) is 12.8. The number of carbonyl (C=O) groups is 3. The summed E-state index contributed by atoms with van der Waals surface area (Å²) in [5, 5.41) is 15.3. The number of primary amides is 1. The molecule has 0 saturated carbocycles. The molecule has 2 heterocycles. The monoisotopic (exact) mass is 655 g/mol. The minimum absolute atomic E-state index is 0.0931. The molecule has 0 spiro atoms. The maximum atomic E-state index is 13.4. The Bertz CT molecular complexity index is 2020. The van der Waals surface area contributed by atoms with E-state index in [9.17, 15) is 19.2 Å². The van der Waals surface area contributed by atoms with Gasteiger partial charge in [0.15, 0.2) is 5.43 Å². The number of nitrogens with two attached hydrogens (primary N) is 1. The summed E-state index contributed by atoms with van der Waals surface area (Å²) in [5.41, 5.74) is 8.71. The van der Waals surface area contributed by atoms with Crippen LogP contribution in [0.25, 0.3) is 33.3 Å². The summed E-state index contributed by atoms with van der Waals surface area (Å²) in [4.78, 5) is 54.8. The molecular formula is C35H37N5O6S. The van der Waals surface area contributed by atoms with E-state index >= 15 is 0 Å². The largest absolute Gasteiger partial charge is 0.481 e. The normalized spacial score (nSPS) is 12.7. The molecule has 0 saturated heterocycles. The molecule has 0 aliphatic heterocycles. The Labute approximate surface area is 275 Å². The van der Waals surface area contributed by atoms with Gasteiger partial charge in [-0.05, 0) is 68.3 Å². The Hall–Kier alpha value is -5.10. The lowest BCUT2D eigenvalue weighted by atomic mass is 10.0. The first-order valence-corrected chi connectivity index (χ1v) is 16.5. The Balaban J connectivity index is 1.49. The van der Waals surface area contributed by atoms with Crippen LogP contribution in [0.3, 0.4) is 0 Å². The van der Waals surface area contributed by atoms with Crippen LogP contribution in [-0.2, 0) is 9.59 Å². The van der Waals surface area contributed by atoms with Crippen molar-refractivity contribution in [2.24, 2.45) is 11.7 Å². The molecule has 1 unspecified atom stereocenters. The number of carbonyl (C=O) groups excluding carboxylic acids is 2. The van der Waals surface area contributed by atoms with Crippen LogP contribution in [0.1, 0.15) is 56.4 Å². The van der Waals surface area contributed by atoms with Gasteiger partial charge in [0.2, 0.25) is 11.9 Å². The summed E-state index contributed by atoms with van der Waals surface area (Å²) in [5.74, 6) is -1.08. The number of nitrogens with zero attached hydrogens (tertiary/aromatic N) is 2. The summed E-state index contributed by atoms with van der Waals surface area (Å²) >= 11 is 1.66. The highest BCUT2D eigenvalue weighted by Crippen LogP contribution is 2.33. The van der Waals surface area contributed by atoms with Crippen LogP contribution in [0.4, 0.5) is 11.6 Å². The van der Waals surface area contributed by atoms with Gasteiger partial charge in [-0.2, -0.15) is 0 Å². The predicted molar refractivity (Wildman–Crippen MR) is 184 cm³/mol. The van der Waals surface area contributed by atoms with E-state index in [0.717, 1.165) is 22.5 Å². The Morgan fingerprint density at radius 3 is 2.45 bits per heavy atom. The number of imidazole rings is 1. The topological polar surface area (TPSA) is 170 Å². The van der Waals surface area contributed by atoms with Crippen molar-refractivity contribution in [2.45, 2.75) is 57.0 Å². The molecule has 2 atom stereocenters. The quantitative estimate of drug-likeness (QED) is 0.106. The number of aliphatic carboxylic acids is 1. The van der Waals surface area contributed by atoms with Crippen molar-refractivity contribution < 1.29 is 23.9 Å². The lowest BCUT2D eigenvalue weighted by Gasteiger charge is -2.20. The van der Waals surface area contributed by atoms with Gasteiger partial charge in [-0.25, -0.2) is 4.98 Å². The molecule has 0 aliphatic rings. The third-order valence-electron chi connectivity index (χ3n) is 7.84. The molecule has 47 heavy (non-hydrogen) atoms. The van der Waals surface area contributed by atoms with Crippen molar-refractivity contribution in [1.82, 2.24) is 14.9 Å². The number of amides is 2. The second-order valence-electron chi connectivity index (χ2n) is 11.9. The lowest BCUT2D eigenvalue weighted by molar-refractivity contribution is -0.137. The molecule has 0 aliphatic carbocycles. The van der Waals surface area contributed by atoms with E-state index in [-0.39, 0.29) is 29.9 Å². The van der Waals surface area contributed by atoms with E-state index < -0.39 is 23.8 Å². The number of anilines is 2. The first-order chi connectivity index (χ1) is 22.4. The molecule has 0 fully saturated rings. The summed E-state index contributed by atoms with van der Waals surface area (Å²) in [7, 11) is 0. The molecule has 244 valence electrons. The van der Waals surface area contributed by atoms with E-state index in [1.807, 2.05) is 24.5 Å². The van der Waals surface area contributed by atoms with Crippen LogP contribution < -0.4 is 21.8 Å². The molecular weight excluding hydrogens is 618 g/mol. The first kappa shape index (κ1) is 33.3. The highest BCUT2D eigenvalue weighted by molar-refractivity contribution is 7.98. The van der Waals surface area contributed by atoms with Crippen LogP contribution in [0.15, 0.2) is 80.8 Å². The van der Waals surface area contributed by atoms with Crippen molar-refractivity contribution >= 4 is 63.2 Å². The zero-order valence-electron chi connectivity index (χ0n) is 26.6. The fraction of sp³-hybridized carbons (Fsp3) is 0.286. The molecule has 3 aromatic carbocycles. The number of fused-ring (bicyclic) bond motifs is 2. The second kappa shape index (κ2) is 14.1. The van der Waals surface area contributed by atoms with E-state index in [4.69, 9.17) is 20.2 Å². The summed E-state index contributed by atoms with van der Waals surface area (Å²) < 4.78 is 8.43. The van der Waals surface area contributed by atoms with E-state index in [1.54, 1.807) is 30.0 Å². The molecule has 5 aromatic rings. The zero-order valence-corrected chi connectivity index (χ0v) is 27.4. The van der Waals surface area contributed by atoms with Gasteiger partial charge in [0.05, 0.1) is 16.4 Å². The van der Waals surface area contributed by atoms with Gasteiger partial charge in [-0.1, -0.05) is 32.0 Å². The third kappa shape index (κ3) is 7.66. The fourth-order valence-electron chi connectivity index (χ4n) is 5.62. The van der Waals surface area contributed by atoms with Crippen molar-refractivity contribution in [3.63, 3.8) is 0 Å². The number of nitrogens with one attached hydrogen (secondary N) is 2. The number of hydrogen-bond donors (Lipinski definition) is 4. The zero-order chi connectivity index (χ0) is 33.8. The van der Waals surface area contributed by atoms with Gasteiger partial charge in [0.1, 0.15) is 17.4 Å². The molecule has 0 radical (unpaired) electrons. The van der Waals surface area contributed by atoms with Gasteiger partial charge in [-0.15, -0.1) is 11.8 Å². The van der Waals surface area contributed by atoms with Crippen molar-refractivity contribution in [2.75, 3.05) is 11.6 Å². The number of aromatic nitrogens is 2. The number of rotatable bonds is 13. The number of carboxylic acids is 1. The van der Waals surface area contributed by atoms with Gasteiger partial charge in [0.25, 0.3) is 5.91 Å². The average molecular weight is 656 g/mol. The molecule has 12 heteroatoms. The van der Waals surface area contributed by atoms with Gasteiger partial charge < -0.3 is 30.5 Å². The highest BCUT2D eigenvalue weighted by atomic mass is 32.2. The van der Waals surface area contributed by atoms with Gasteiger partial charge >= 0.3 is 5.97 Å². The molecule has 2 amide bonds. The van der Waals surface area contributed by atoms with Crippen LogP contribution in [0.2, 0.25) is 0 Å². The Morgan fingerprint density at radius 2 is 1.79 bits per heavy atom. The van der Waals surface area contributed by atoms with Crippen LogP contribution >= 0.6 is 11.8 Å². The summed E-state index contributed by atoms with van der Waals surface area (Å²) in [6, 6.07) is 18.4. The van der Waals surface area contributed by atoms with E-state index in [0.29, 0.717) is 39.7 Å². The Kier molecular flexibility index (Phi) is 10.00. The maximum absolute atomic E-state index is 13.4. The number of hydrogen-bond acceptors (Lipinski definition) is 8. The number of benzene rings is 3. The lowest BCUT2D eigenvalue weighted by Crippen LogP contribution is -2.44. The maximum Gasteiger partial charge on any atom is 0.303 e. The van der Waals surface area contributed by atoms with Crippen molar-refractivity contribution in [3.8, 4) is 11.3 Å². The fourth-order valence-corrected chi connectivity index (χ4v) is 6.08. The predicted octanol–water partition coefficient (Wildman–Crippen LogP) is 6.33. The van der Waals surface area contributed by atoms with E-state index in [2.05, 4.69) is 48.1 Å². The number of carboxylic acid groups (broad SMARTS) is 1. The summed E-state index contributed by atoms with van der Waals surface area (Å²) in [6.07, 6.45) is 2.50. The smallest absolute Gasteiger partial charge is 0.303 e. The standard InChI is InChI=1S/C35H37N5O6S/c1-19(2)14-20(3)40-28-17-31-25(16-27(28)39-35(40)37-23-6-5-7-24(15-23)47-4)29(41)18-30(46-31)21-8-10-22(11-9-21)34(45)38-26(33(36)44)12-13-32(42)43/h5-11,15-20,26H,12-14H2,1-4H3,(H2,36,44)(H,37,39)(H,38,45)(H,42,43)/t20?,26-/m0/s1. The van der Waals surface area contributed by atoms with E-state index in [1.165, 1.54) is 18.2 Å². The highest BCUT2D eigenvalue weighted by Gasteiger charge is 2.22. The van der Waals surface area contributed by atoms with Crippen molar-refractivity contribution in [3.05, 3.63) is 82.5 Å². The minimum Gasteiger partial charge on any atom is -0.481 e. The van der Waals surface area contributed by atoms with Gasteiger partial charge in [-0.3, -0.25) is 19.2 Å². The molecule has 0 bridgehead atoms. The van der Waals surface area contributed by atoms with Crippen molar-refractivity contribution in [1.29, 1.82) is 0 Å². The van der Waals surface area contributed by atoms with Crippen LogP contribution in [0.5, 0.6) is 0 Å². The molecule has 5 rings (SSSR count). The SMILES string of the molecule is CSc1cccc(Nc2nc3cc4c(=O)cc(-c5ccc(C(=O)N[C@@H](CCC(=O)O)C(N)=O)cc5)oc4cc3n2C(C)CC(C)C)c1. The Morgan fingerprint density at radius 1 is 1.04 bits per heavy atom. The number of thioether (sulfide) groups is 1. The van der Waals surface area contributed by atoms with Crippen LogP contribution in [-0.4, -0.2) is 44.7 Å². The summed E-state index contributed by atoms with van der Waals surface area (Å²) in [6.45, 7) is 6.50. The molecule has 11 nitrogen and oxygen atoms in total. The van der Waals surface area contributed by atoms with Crippen LogP contribution in [0, 0.1) is 5.92 Å². The average Bonchev–Trinajstić information content (AvgIpc) is 3.38. The first-order valence-electron chi connectivity index (χ1n) is 15.3. The molecule has 5 N–H and O–H groups in total. The molecule has 2 aromatic heterocycles.